The van der Waals surface area contributed by atoms with Crippen molar-refractivity contribution >= 4 is 50.9 Å². The average molecular weight is 276 g/mol. The van der Waals surface area contributed by atoms with E-state index in [9.17, 15) is 4.79 Å². The van der Waals surface area contributed by atoms with Crippen molar-refractivity contribution in [1.82, 2.24) is 15.2 Å². The van der Waals surface area contributed by atoms with Gasteiger partial charge in [0.15, 0.2) is 16.6 Å². The van der Waals surface area contributed by atoms with Crippen molar-refractivity contribution in [2.24, 2.45) is 5.41 Å². The Hall–Kier alpha value is -1.34. The van der Waals surface area contributed by atoms with Gasteiger partial charge in [-0.1, -0.05) is 32.1 Å². The second-order valence-corrected chi connectivity index (χ2v) is 5.51. The van der Waals surface area contributed by atoms with Crippen molar-refractivity contribution in [3.05, 3.63) is 0 Å². The number of amides is 1. The smallest absolute Gasteiger partial charge is 0.231 e. The molecule has 0 spiro atoms. The van der Waals surface area contributed by atoms with Crippen LogP contribution in [0.2, 0.25) is 0 Å². The molecule has 0 unspecified atom stereocenters. The minimum atomic E-state index is -0.441. The second-order valence-electron chi connectivity index (χ2n) is 4.51. The van der Waals surface area contributed by atoms with Crippen LogP contribution in [0, 0.1) is 5.41 Å². The van der Waals surface area contributed by atoms with E-state index >= 15 is 0 Å². The maximum Gasteiger partial charge on any atom is 0.231 e. The number of carbonyl (C=O) groups excluding carboxylic acids is 1. The molecule has 0 aromatic carbocycles. The first kappa shape index (κ1) is 13.7. The van der Waals surface area contributed by atoms with Gasteiger partial charge >= 0.3 is 0 Å². The maximum absolute atomic E-state index is 11.7. The maximum atomic E-state index is 11.7. The van der Waals surface area contributed by atoms with Crippen LogP contribution >= 0.6 is 23.7 Å². The molecule has 17 heavy (non-hydrogen) atoms. The van der Waals surface area contributed by atoms with E-state index in [0.717, 1.165) is 4.70 Å². The topological polar surface area (TPSA) is 96.7 Å². The Bertz CT molecular complexity index is 541. The first-order valence-electron chi connectivity index (χ1n) is 4.80. The molecule has 0 aliphatic rings. The first-order valence-corrected chi connectivity index (χ1v) is 5.61. The van der Waals surface area contributed by atoms with E-state index in [0.29, 0.717) is 16.6 Å². The van der Waals surface area contributed by atoms with E-state index in [1.807, 2.05) is 20.8 Å². The molecule has 2 heterocycles. The lowest BCUT2D eigenvalue weighted by molar-refractivity contribution is -0.123. The highest BCUT2D eigenvalue weighted by Crippen LogP contribution is 2.29. The normalized spacial score (nSPS) is 11.2. The van der Waals surface area contributed by atoms with Gasteiger partial charge in [0.1, 0.15) is 4.70 Å². The highest BCUT2D eigenvalue weighted by Gasteiger charge is 2.22. The molecule has 2 aromatic rings. The van der Waals surface area contributed by atoms with Crippen molar-refractivity contribution in [3.63, 3.8) is 0 Å². The number of fused-ring (bicyclic) bond motifs is 1. The van der Waals surface area contributed by atoms with Crippen LogP contribution in [0.5, 0.6) is 0 Å². The summed E-state index contributed by atoms with van der Waals surface area (Å²) >= 11 is 1.31. The summed E-state index contributed by atoms with van der Waals surface area (Å²) in [4.78, 5) is 15.9. The molecule has 8 heteroatoms. The third kappa shape index (κ3) is 2.67. The molecule has 0 aliphatic heterocycles. The first-order chi connectivity index (χ1) is 7.38. The third-order valence-electron chi connectivity index (χ3n) is 2.04. The number of nitrogens with zero attached hydrogens (tertiary/aromatic N) is 2. The van der Waals surface area contributed by atoms with Gasteiger partial charge in [0.05, 0.1) is 0 Å². The molecule has 0 saturated carbocycles. The summed E-state index contributed by atoms with van der Waals surface area (Å²) in [6, 6.07) is 0. The van der Waals surface area contributed by atoms with Crippen LogP contribution in [0.4, 0.5) is 10.9 Å². The number of nitrogens with one attached hydrogen (secondary N) is 2. The Kier molecular flexibility index (Phi) is 3.63. The molecule has 0 aliphatic carbocycles. The predicted octanol–water partition coefficient (Wildman–Crippen LogP) is 2.01. The van der Waals surface area contributed by atoms with Gasteiger partial charge in [-0.15, -0.1) is 12.4 Å². The van der Waals surface area contributed by atoms with Crippen molar-refractivity contribution in [2.75, 3.05) is 11.1 Å². The van der Waals surface area contributed by atoms with E-state index in [-0.39, 0.29) is 18.3 Å². The summed E-state index contributed by atoms with van der Waals surface area (Å²) in [7, 11) is 0. The van der Waals surface area contributed by atoms with Crippen molar-refractivity contribution in [2.45, 2.75) is 20.8 Å². The Labute approximate surface area is 108 Å². The van der Waals surface area contributed by atoms with Gasteiger partial charge in [0, 0.05) is 5.41 Å². The zero-order valence-corrected chi connectivity index (χ0v) is 11.3. The molecule has 0 bridgehead atoms. The summed E-state index contributed by atoms with van der Waals surface area (Å²) in [6.45, 7) is 5.53. The Morgan fingerprint density at radius 2 is 2.12 bits per heavy atom. The number of halogens is 1. The van der Waals surface area contributed by atoms with E-state index in [1.165, 1.54) is 11.3 Å². The number of carbonyl (C=O) groups is 1. The number of anilines is 2. The minimum absolute atomic E-state index is 0. The molecule has 6 nitrogen and oxygen atoms in total. The number of H-pyrrole nitrogens is 1. The highest BCUT2D eigenvalue weighted by molar-refractivity contribution is 7.22. The summed E-state index contributed by atoms with van der Waals surface area (Å²) in [5.74, 6) is 0.333. The second kappa shape index (κ2) is 4.50. The van der Waals surface area contributed by atoms with Gasteiger partial charge in [-0.3, -0.25) is 9.89 Å². The van der Waals surface area contributed by atoms with Gasteiger partial charge in [-0.25, -0.2) is 4.98 Å². The SMILES string of the molecule is CC(C)(C)C(=O)Nc1nc2[nH]nc(N)c2s1.Cl. The zero-order chi connectivity index (χ0) is 11.9. The number of hydrogen-bond donors (Lipinski definition) is 3. The van der Waals surface area contributed by atoms with Crippen LogP contribution in [-0.4, -0.2) is 21.1 Å². The Balaban J connectivity index is 0.00000144. The van der Waals surface area contributed by atoms with Crippen molar-refractivity contribution in [1.29, 1.82) is 0 Å². The molecule has 0 saturated heterocycles. The van der Waals surface area contributed by atoms with Crippen LogP contribution in [-0.2, 0) is 4.79 Å². The van der Waals surface area contributed by atoms with Gasteiger partial charge in [-0.05, 0) is 0 Å². The molecule has 1 amide bonds. The quantitative estimate of drug-likeness (QED) is 0.742. The van der Waals surface area contributed by atoms with Gasteiger partial charge in [0.2, 0.25) is 5.91 Å². The number of aromatic amines is 1. The molecule has 0 atom stereocenters. The number of rotatable bonds is 1. The van der Waals surface area contributed by atoms with Crippen LogP contribution in [0.15, 0.2) is 0 Å². The minimum Gasteiger partial charge on any atom is -0.381 e. The number of hydrogen-bond acceptors (Lipinski definition) is 5. The van der Waals surface area contributed by atoms with E-state index in [2.05, 4.69) is 20.5 Å². The number of nitrogen functional groups attached to an aromatic ring is 1. The summed E-state index contributed by atoms with van der Waals surface area (Å²) in [6.07, 6.45) is 0. The summed E-state index contributed by atoms with van der Waals surface area (Å²) < 4.78 is 0.768. The number of aromatic nitrogens is 3. The lowest BCUT2D eigenvalue weighted by Crippen LogP contribution is -2.27. The lowest BCUT2D eigenvalue weighted by Gasteiger charge is -2.15. The van der Waals surface area contributed by atoms with Crippen molar-refractivity contribution < 1.29 is 4.79 Å². The van der Waals surface area contributed by atoms with Crippen molar-refractivity contribution in [3.8, 4) is 0 Å². The molecule has 0 fully saturated rings. The fraction of sp³-hybridized carbons (Fsp3) is 0.444. The summed E-state index contributed by atoms with van der Waals surface area (Å²) in [5, 5.41) is 9.79. The molecule has 4 N–H and O–H groups in total. The molecule has 2 rings (SSSR count). The van der Waals surface area contributed by atoms with Crippen LogP contribution < -0.4 is 11.1 Å². The van der Waals surface area contributed by atoms with Crippen LogP contribution in [0.3, 0.4) is 0 Å². The largest absolute Gasteiger partial charge is 0.381 e. The number of nitrogens with two attached hydrogens (primary N) is 1. The van der Waals surface area contributed by atoms with Gasteiger partial charge in [0.25, 0.3) is 0 Å². The van der Waals surface area contributed by atoms with E-state index in [1.54, 1.807) is 0 Å². The highest BCUT2D eigenvalue weighted by atomic mass is 35.5. The van der Waals surface area contributed by atoms with Gasteiger partial charge in [-0.2, -0.15) is 5.10 Å². The molecule has 94 valence electrons. The molecule has 0 radical (unpaired) electrons. The molecular weight excluding hydrogens is 262 g/mol. The molecule has 2 aromatic heterocycles. The fourth-order valence-electron chi connectivity index (χ4n) is 1.07. The van der Waals surface area contributed by atoms with E-state index in [4.69, 9.17) is 5.73 Å². The fourth-order valence-corrected chi connectivity index (χ4v) is 1.88. The monoisotopic (exact) mass is 275 g/mol. The zero-order valence-electron chi connectivity index (χ0n) is 9.70. The van der Waals surface area contributed by atoms with Crippen LogP contribution in [0.25, 0.3) is 10.3 Å². The standard InChI is InChI=1S/C9H13N5OS.ClH/c1-9(2,3)7(15)12-8-11-6-4(16-8)5(10)13-14-6;/h1-3H3,(H4,10,11,12,13,14,15);1H. The Morgan fingerprint density at radius 3 is 2.65 bits per heavy atom. The van der Waals surface area contributed by atoms with E-state index < -0.39 is 5.41 Å². The van der Waals surface area contributed by atoms with Crippen LogP contribution in [0.1, 0.15) is 20.8 Å². The molecular formula is C9H14ClN5OS. The average Bonchev–Trinajstić information content (AvgIpc) is 2.67. The lowest BCUT2D eigenvalue weighted by atomic mass is 9.96. The number of thiazole rings is 1. The van der Waals surface area contributed by atoms with Gasteiger partial charge < -0.3 is 11.1 Å². The third-order valence-corrected chi connectivity index (χ3v) is 3.04. The Morgan fingerprint density at radius 1 is 1.47 bits per heavy atom. The summed E-state index contributed by atoms with van der Waals surface area (Å²) in [5.41, 5.74) is 5.78. The predicted molar refractivity (Wildman–Crippen MR) is 71.5 cm³/mol.